The van der Waals surface area contributed by atoms with Crippen LogP contribution in [0.4, 0.5) is 4.79 Å². The number of fused-ring (bicyclic) bond motifs is 1. The lowest BCUT2D eigenvalue weighted by Gasteiger charge is -2.48. The van der Waals surface area contributed by atoms with E-state index >= 15 is 0 Å². The summed E-state index contributed by atoms with van der Waals surface area (Å²) in [5.41, 5.74) is 1.10. The van der Waals surface area contributed by atoms with Gasteiger partial charge < -0.3 is 24.5 Å². The highest BCUT2D eigenvalue weighted by atomic mass is 28.4. The van der Waals surface area contributed by atoms with E-state index < -0.39 is 26.1 Å². The first-order chi connectivity index (χ1) is 15.8. The number of phenolic OH excluding ortho intramolecular Hbond substituents is 1. The maximum absolute atomic E-state index is 12.3. The number of amides is 1. The number of aromatic amines is 1. The molecule has 0 aliphatic carbocycles. The molecule has 33 heavy (non-hydrogen) atoms. The second-order valence-electron chi connectivity index (χ2n) is 8.47. The van der Waals surface area contributed by atoms with Crippen molar-refractivity contribution in [3.8, 4) is 5.75 Å². The molecule has 0 saturated carbocycles. The fourth-order valence-electron chi connectivity index (χ4n) is 4.95. The van der Waals surface area contributed by atoms with Crippen LogP contribution >= 0.6 is 0 Å². The Bertz CT molecular complexity index is 1080. The van der Waals surface area contributed by atoms with Gasteiger partial charge in [0.2, 0.25) is 0 Å². The number of aromatic hydroxyl groups is 1. The van der Waals surface area contributed by atoms with Gasteiger partial charge in [-0.3, -0.25) is 4.98 Å². The zero-order valence-electron chi connectivity index (χ0n) is 20.1. The van der Waals surface area contributed by atoms with Crippen LogP contribution in [0.1, 0.15) is 45.7 Å². The second kappa shape index (κ2) is 9.97. The number of carboxylic acid groups (broad SMARTS) is 1. The molecule has 0 bridgehead atoms. The van der Waals surface area contributed by atoms with Crippen LogP contribution in [0.5, 0.6) is 5.75 Å². The van der Waals surface area contributed by atoms with Gasteiger partial charge in [0.05, 0.1) is 11.6 Å². The number of rotatable bonds is 10. The van der Waals surface area contributed by atoms with Crippen LogP contribution in [0.2, 0.25) is 18.1 Å². The van der Waals surface area contributed by atoms with E-state index in [1.807, 2.05) is 38.2 Å². The maximum Gasteiger partial charge on any atom is 0.407 e. The standard InChI is InChI=1S/C25H35N3O4Si/c1-6-28(24(30)31)18(5)25(19-12-11-15-26-16-19,32-33(7-2,8-3)9-4)21-17-27-23-20(21)13-10-14-22(23)29/h10-18,27,29H,6-9H2,1-5H3,(H,30,31)/t18-,25+/m1/s1. The number of nitrogens with one attached hydrogen (secondary N) is 1. The molecule has 2 aromatic heterocycles. The molecule has 1 amide bonds. The van der Waals surface area contributed by atoms with E-state index in [2.05, 4.69) is 30.7 Å². The average Bonchev–Trinajstić information content (AvgIpc) is 3.27. The first-order valence-corrected chi connectivity index (χ1v) is 14.2. The molecule has 0 aliphatic heterocycles. The number of aromatic nitrogens is 2. The first-order valence-electron chi connectivity index (χ1n) is 11.7. The van der Waals surface area contributed by atoms with Crippen molar-refractivity contribution in [2.24, 2.45) is 0 Å². The lowest BCUT2D eigenvalue weighted by Crippen LogP contribution is -2.57. The van der Waals surface area contributed by atoms with E-state index in [-0.39, 0.29) is 5.75 Å². The Kier molecular flexibility index (Phi) is 7.49. The lowest BCUT2D eigenvalue weighted by atomic mass is 9.80. The molecule has 3 N–H and O–H groups in total. The maximum atomic E-state index is 12.3. The van der Waals surface area contributed by atoms with Crippen LogP contribution in [0.15, 0.2) is 48.9 Å². The van der Waals surface area contributed by atoms with E-state index in [0.29, 0.717) is 12.1 Å². The summed E-state index contributed by atoms with van der Waals surface area (Å²) in [5, 5.41) is 21.4. The van der Waals surface area contributed by atoms with Gasteiger partial charge in [-0.15, -0.1) is 0 Å². The Morgan fingerprint density at radius 1 is 1.18 bits per heavy atom. The van der Waals surface area contributed by atoms with Crippen LogP contribution in [0, 0.1) is 0 Å². The minimum absolute atomic E-state index is 0.141. The van der Waals surface area contributed by atoms with Gasteiger partial charge in [-0.2, -0.15) is 0 Å². The van der Waals surface area contributed by atoms with Crippen molar-refractivity contribution in [1.82, 2.24) is 14.9 Å². The van der Waals surface area contributed by atoms with Crippen LogP contribution in [-0.2, 0) is 10.0 Å². The predicted molar refractivity (Wildman–Crippen MR) is 133 cm³/mol. The minimum Gasteiger partial charge on any atom is -0.506 e. The molecule has 0 fully saturated rings. The number of hydrogen-bond acceptors (Lipinski definition) is 4. The summed E-state index contributed by atoms with van der Waals surface area (Å²) in [7, 11) is -2.27. The molecule has 0 unspecified atom stereocenters. The van der Waals surface area contributed by atoms with Gasteiger partial charge in [-0.1, -0.05) is 39.0 Å². The van der Waals surface area contributed by atoms with Gasteiger partial charge in [0, 0.05) is 41.6 Å². The smallest absolute Gasteiger partial charge is 0.407 e. The van der Waals surface area contributed by atoms with E-state index in [0.717, 1.165) is 34.6 Å². The van der Waals surface area contributed by atoms with E-state index in [1.165, 1.54) is 4.90 Å². The van der Waals surface area contributed by atoms with Gasteiger partial charge in [0.15, 0.2) is 8.32 Å². The molecule has 178 valence electrons. The minimum atomic E-state index is -2.27. The molecule has 3 rings (SSSR count). The Hall–Kier alpha value is -2.84. The summed E-state index contributed by atoms with van der Waals surface area (Å²) in [5.74, 6) is 0.141. The van der Waals surface area contributed by atoms with Crippen molar-refractivity contribution in [3.05, 3.63) is 60.0 Å². The van der Waals surface area contributed by atoms with E-state index in [9.17, 15) is 15.0 Å². The Morgan fingerprint density at radius 3 is 2.42 bits per heavy atom. The third-order valence-electron chi connectivity index (χ3n) is 7.14. The number of likely N-dealkylation sites (N-methyl/N-ethyl adjacent to an activating group) is 1. The number of H-pyrrole nitrogens is 1. The van der Waals surface area contributed by atoms with Crippen molar-refractivity contribution in [1.29, 1.82) is 0 Å². The summed E-state index contributed by atoms with van der Waals surface area (Å²) in [6, 6.07) is 11.3. The van der Waals surface area contributed by atoms with E-state index in [1.54, 1.807) is 24.5 Å². The lowest BCUT2D eigenvalue weighted by molar-refractivity contribution is 0.00664. The molecule has 3 aromatic rings. The third-order valence-corrected chi connectivity index (χ3v) is 11.8. The number of carbonyl (C=O) groups is 1. The van der Waals surface area contributed by atoms with Crippen molar-refractivity contribution in [2.75, 3.05) is 6.54 Å². The number of benzene rings is 1. The monoisotopic (exact) mass is 469 g/mol. The van der Waals surface area contributed by atoms with Crippen molar-refractivity contribution >= 4 is 25.3 Å². The largest absolute Gasteiger partial charge is 0.506 e. The zero-order valence-corrected chi connectivity index (χ0v) is 21.1. The highest BCUT2D eigenvalue weighted by molar-refractivity contribution is 6.73. The summed E-state index contributed by atoms with van der Waals surface area (Å²) in [6.07, 6.45) is 4.33. The van der Waals surface area contributed by atoms with Gasteiger partial charge >= 0.3 is 6.09 Å². The summed E-state index contributed by atoms with van der Waals surface area (Å²) in [4.78, 5) is 21.4. The van der Waals surface area contributed by atoms with Crippen LogP contribution in [-0.4, -0.2) is 52.1 Å². The van der Waals surface area contributed by atoms with Crippen molar-refractivity contribution < 1.29 is 19.4 Å². The Morgan fingerprint density at radius 2 is 1.88 bits per heavy atom. The molecule has 0 radical (unpaired) electrons. The molecule has 0 spiro atoms. The number of phenols is 1. The Balaban J connectivity index is 2.44. The average molecular weight is 470 g/mol. The molecular formula is C25H35N3O4Si. The van der Waals surface area contributed by atoms with Gasteiger partial charge in [0.1, 0.15) is 11.4 Å². The fourth-order valence-corrected chi connectivity index (χ4v) is 7.97. The summed E-state index contributed by atoms with van der Waals surface area (Å²) >= 11 is 0. The van der Waals surface area contributed by atoms with Gasteiger partial charge in [-0.25, -0.2) is 4.79 Å². The molecular weight excluding hydrogens is 434 g/mol. The third kappa shape index (κ3) is 4.25. The van der Waals surface area contributed by atoms with Crippen molar-refractivity contribution in [2.45, 2.75) is 64.4 Å². The van der Waals surface area contributed by atoms with E-state index in [4.69, 9.17) is 4.43 Å². The molecule has 0 aliphatic rings. The van der Waals surface area contributed by atoms with Gasteiger partial charge in [0.25, 0.3) is 0 Å². The second-order valence-corrected chi connectivity index (χ2v) is 13.2. The normalized spacial score (nSPS) is 14.7. The fraction of sp³-hybridized carbons (Fsp3) is 0.440. The van der Waals surface area contributed by atoms with Crippen LogP contribution < -0.4 is 0 Å². The molecule has 8 heteroatoms. The molecule has 0 saturated heterocycles. The topological polar surface area (TPSA) is 98.7 Å². The molecule has 2 atom stereocenters. The quantitative estimate of drug-likeness (QED) is 0.320. The number of nitrogens with zero attached hydrogens (tertiary/aromatic N) is 2. The predicted octanol–water partition coefficient (Wildman–Crippen LogP) is 5.92. The number of para-hydroxylation sites is 1. The highest BCUT2D eigenvalue weighted by Crippen LogP contribution is 2.47. The van der Waals surface area contributed by atoms with Gasteiger partial charge in [-0.05, 0) is 44.1 Å². The van der Waals surface area contributed by atoms with Crippen LogP contribution in [0.3, 0.4) is 0 Å². The summed E-state index contributed by atoms with van der Waals surface area (Å²) < 4.78 is 7.34. The number of pyridine rings is 1. The molecule has 1 aromatic carbocycles. The van der Waals surface area contributed by atoms with Crippen LogP contribution in [0.25, 0.3) is 10.9 Å². The first kappa shape index (κ1) is 24.8. The van der Waals surface area contributed by atoms with Crippen molar-refractivity contribution in [3.63, 3.8) is 0 Å². The number of hydrogen-bond donors (Lipinski definition) is 3. The highest BCUT2D eigenvalue weighted by Gasteiger charge is 2.51. The molecule has 7 nitrogen and oxygen atoms in total. The molecule has 2 heterocycles. The zero-order chi connectivity index (χ0) is 24.2. The SMILES string of the molecule is CCN(C(=O)O)[C@H](C)[C@](O[Si](CC)(CC)CC)(c1cccnc1)c1c[nH]c2c(O)cccc12. The summed E-state index contributed by atoms with van der Waals surface area (Å²) in [6.45, 7) is 10.5. The Labute approximate surface area is 196 Å².